The van der Waals surface area contributed by atoms with E-state index in [-0.39, 0.29) is 11.9 Å². The molecular weight excluding hydrogens is 263 g/mol. The maximum atomic E-state index is 11.8. The van der Waals surface area contributed by atoms with Gasteiger partial charge in [0.1, 0.15) is 11.9 Å². The quantitative estimate of drug-likeness (QED) is 0.515. The molecular formula is C14H21O4P. The minimum absolute atomic E-state index is 0.0694. The molecule has 0 saturated heterocycles. The number of carbonyl (C=O) groups is 1. The van der Waals surface area contributed by atoms with E-state index in [4.69, 9.17) is 9.05 Å². The Morgan fingerprint density at radius 1 is 1.11 bits per heavy atom. The summed E-state index contributed by atoms with van der Waals surface area (Å²) in [5.74, 6) is -0.0694. The number of rotatable bonds is 9. The van der Waals surface area contributed by atoms with Crippen LogP contribution in [0.5, 0.6) is 0 Å². The van der Waals surface area contributed by atoms with Crippen molar-refractivity contribution in [1.82, 2.24) is 0 Å². The van der Waals surface area contributed by atoms with Crippen LogP contribution in [0.2, 0.25) is 0 Å². The lowest BCUT2D eigenvalue weighted by Crippen LogP contribution is -2.07. The lowest BCUT2D eigenvalue weighted by molar-refractivity contribution is -0.117. The highest BCUT2D eigenvalue weighted by molar-refractivity contribution is 7.54. The summed E-state index contributed by atoms with van der Waals surface area (Å²) in [5.41, 5.74) is 1.27. The number of benzene rings is 1. The molecule has 0 spiro atoms. The molecule has 0 aliphatic carbocycles. The summed E-state index contributed by atoms with van der Waals surface area (Å²) in [4.78, 5) is 11.7. The normalized spacial score (nSPS) is 11.5. The van der Waals surface area contributed by atoms with Crippen molar-refractivity contribution >= 4 is 13.4 Å². The zero-order chi connectivity index (χ0) is 14.1. The van der Waals surface area contributed by atoms with Gasteiger partial charge in [-0.15, -0.1) is 0 Å². The Morgan fingerprint density at radius 3 is 2.32 bits per heavy atom. The molecule has 0 bridgehead atoms. The monoisotopic (exact) mass is 284 g/mol. The van der Waals surface area contributed by atoms with Gasteiger partial charge in [-0.1, -0.05) is 30.3 Å². The summed E-state index contributed by atoms with van der Waals surface area (Å²) in [6.07, 6.45) is 2.98. The van der Waals surface area contributed by atoms with E-state index in [9.17, 15) is 9.36 Å². The molecule has 5 heteroatoms. The van der Waals surface area contributed by atoms with Gasteiger partial charge >= 0.3 is 7.60 Å². The Morgan fingerprint density at radius 2 is 1.74 bits per heavy atom. The van der Waals surface area contributed by atoms with Gasteiger partial charge in [-0.05, 0) is 24.8 Å². The average Bonchev–Trinajstić information content (AvgIpc) is 2.44. The standard InChI is InChI=1S/C14H21O4P/c1-17-19(16,18-2)12-14(15)11-7-6-10-13-8-4-3-5-9-13/h3-5,8-9H,6-7,10-12H2,1-2H3. The summed E-state index contributed by atoms with van der Waals surface area (Å²) in [7, 11) is -0.596. The SMILES string of the molecule is COP(=O)(CC(=O)CCCCc1ccccc1)OC. The van der Waals surface area contributed by atoms with E-state index in [0.717, 1.165) is 19.3 Å². The molecule has 1 aromatic rings. The maximum Gasteiger partial charge on any atom is 0.337 e. The topological polar surface area (TPSA) is 52.6 Å². The van der Waals surface area contributed by atoms with Gasteiger partial charge in [0.05, 0.1) is 0 Å². The minimum atomic E-state index is -3.19. The highest BCUT2D eigenvalue weighted by Gasteiger charge is 2.24. The Balaban J connectivity index is 2.23. The van der Waals surface area contributed by atoms with Gasteiger partial charge < -0.3 is 9.05 Å². The fourth-order valence-electron chi connectivity index (χ4n) is 1.79. The highest BCUT2D eigenvalue weighted by Crippen LogP contribution is 2.46. The lowest BCUT2D eigenvalue weighted by atomic mass is 10.1. The van der Waals surface area contributed by atoms with Crippen LogP contribution in [0.4, 0.5) is 0 Å². The van der Waals surface area contributed by atoms with Crippen molar-refractivity contribution < 1.29 is 18.4 Å². The van der Waals surface area contributed by atoms with Crippen LogP contribution in [-0.2, 0) is 24.8 Å². The summed E-state index contributed by atoms with van der Waals surface area (Å²) in [6, 6.07) is 10.2. The molecule has 0 unspecified atom stereocenters. The van der Waals surface area contributed by atoms with E-state index in [1.54, 1.807) is 0 Å². The lowest BCUT2D eigenvalue weighted by Gasteiger charge is -2.12. The first-order valence-corrected chi connectivity index (χ1v) is 8.08. The smallest absolute Gasteiger partial charge is 0.312 e. The second-order valence-electron chi connectivity index (χ2n) is 4.37. The van der Waals surface area contributed by atoms with E-state index in [1.807, 2.05) is 18.2 Å². The Hall–Kier alpha value is -0.960. The number of Topliss-reactive ketones (excluding diaryl/α,β-unsaturated/α-hetero) is 1. The second-order valence-corrected chi connectivity index (χ2v) is 6.63. The van der Waals surface area contributed by atoms with Crippen LogP contribution in [-0.4, -0.2) is 26.2 Å². The number of hydrogen-bond donors (Lipinski definition) is 0. The summed E-state index contributed by atoms with van der Waals surface area (Å²) >= 11 is 0. The predicted molar refractivity (Wildman–Crippen MR) is 75.5 cm³/mol. The van der Waals surface area contributed by atoms with Gasteiger partial charge in [-0.25, -0.2) is 0 Å². The van der Waals surface area contributed by atoms with Crippen LogP contribution >= 0.6 is 7.60 Å². The second kappa shape index (κ2) is 8.26. The zero-order valence-electron chi connectivity index (χ0n) is 11.5. The van der Waals surface area contributed by atoms with Gasteiger partial charge in [0, 0.05) is 20.6 Å². The number of ketones is 1. The Labute approximate surface area is 114 Å². The van der Waals surface area contributed by atoms with E-state index >= 15 is 0 Å². The first-order chi connectivity index (χ1) is 9.09. The maximum absolute atomic E-state index is 11.8. The molecule has 4 nitrogen and oxygen atoms in total. The fourth-order valence-corrected chi connectivity index (χ4v) is 2.79. The summed E-state index contributed by atoms with van der Waals surface area (Å²) in [5, 5.41) is 0. The molecule has 0 saturated carbocycles. The molecule has 0 aliphatic rings. The number of unbranched alkanes of at least 4 members (excludes halogenated alkanes) is 1. The van der Waals surface area contributed by atoms with Crippen molar-refractivity contribution in [3.05, 3.63) is 35.9 Å². The van der Waals surface area contributed by atoms with Crippen LogP contribution in [0.15, 0.2) is 30.3 Å². The summed E-state index contributed by atoms with van der Waals surface area (Å²) < 4.78 is 21.2. The molecule has 0 fully saturated rings. The third-order valence-corrected chi connectivity index (χ3v) is 4.79. The van der Waals surface area contributed by atoms with E-state index in [0.29, 0.717) is 6.42 Å². The van der Waals surface area contributed by atoms with E-state index in [2.05, 4.69) is 12.1 Å². The zero-order valence-corrected chi connectivity index (χ0v) is 12.4. The van der Waals surface area contributed by atoms with Crippen molar-refractivity contribution in [1.29, 1.82) is 0 Å². The Kier molecular flexibility index (Phi) is 7.00. The van der Waals surface area contributed by atoms with Crippen molar-refractivity contribution in [2.75, 3.05) is 20.4 Å². The largest absolute Gasteiger partial charge is 0.337 e. The van der Waals surface area contributed by atoms with Crippen molar-refractivity contribution in [2.45, 2.75) is 25.7 Å². The van der Waals surface area contributed by atoms with Crippen LogP contribution in [0.1, 0.15) is 24.8 Å². The van der Waals surface area contributed by atoms with E-state index < -0.39 is 7.60 Å². The van der Waals surface area contributed by atoms with Gasteiger partial charge in [-0.3, -0.25) is 9.36 Å². The van der Waals surface area contributed by atoms with Gasteiger partial charge in [-0.2, -0.15) is 0 Å². The predicted octanol–water partition coefficient (Wildman–Crippen LogP) is 3.45. The molecule has 106 valence electrons. The molecule has 19 heavy (non-hydrogen) atoms. The molecule has 0 aliphatic heterocycles. The highest BCUT2D eigenvalue weighted by atomic mass is 31.2. The number of carbonyl (C=O) groups excluding carboxylic acids is 1. The van der Waals surface area contributed by atoms with Crippen molar-refractivity contribution in [2.24, 2.45) is 0 Å². The van der Waals surface area contributed by atoms with Crippen molar-refractivity contribution in [3.63, 3.8) is 0 Å². The Bertz CT molecular complexity index is 422. The third kappa shape index (κ3) is 6.15. The molecule has 0 amide bonds. The molecule has 1 rings (SSSR count). The van der Waals surface area contributed by atoms with Gasteiger partial charge in [0.15, 0.2) is 0 Å². The third-order valence-electron chi connectivity index (χ3n) is 2.94. The molecule has 0 radical (unpaired) electrons. The fraction of sp³-hybridized carbons (Fsp3) is 0.500. The minimum Gasteiger partial charge on any atom is -0.312 e. The van der Waals surface area contributed by atoms with Gasteiger partial charge in [0.25, 0.3) is 0 Å². The molecule has 0 aromatic heterocycles. The summed E-state index contributed by atoms with van der Waals surface area (Å²) in [6.45, 7) is 0. The number of aryl methyl sites for hydroxylation is 1. The first kappa shape index (κ1) is 16.1. The van der Waals surface area contributed by atoms with Crippen molar-refractivity contribution in [3.8, 4) is 0 Å². The van der Waals surface area contributed by atoms with Crippen LogP contribution in [0.3, 0.4) is 0 Å². The molecule has 0 N–H and O–H groups in total. The van der Waals surface area contributed by atoms with Crippen LogP contribution < -0.4 is 0 Å². The van der Waals surface area contributed by atoms with E-state index in [1.165, 1.54) is 19.8 Å². The molecule has 1 aromatic carbocycles. The first-order valence-electron chi connectivity index (χ1n) is 6.36. The molecule has 0 atom stereocenters. The molecule has 0 heterocycles. The van der Waals surface area contributed by atoms with Crippen LogP contribution in [0.25, 0.3) is 0 Å². The number of hydrogen-bond acceptors (Lipinski definition) is 4. The van der Waals surface area contributed by atoms with Crippen LogP contribution in [0, 0.1) is 0 Å². The van der Waals surface area contributed by atoms with Gasteiger partial charge in [0.2, 0.25) is 0 Å². The average molecular weight is 284 g/mol.